The molecule has 0 atom stereocenters. The number of nitrogens with one attached hydrogen (secondary N) is 1. The molecule has 0 aliphatic rings. The Bertz CT molecular complexity index is 867. The average Bonchev–Trinajstić information content (AvgIpc) is 2.75. The van der Waals surface area contributed by atoms with Crippen molar-refractivity contribution in [1.29, 1.82) is 0 Å². The number of rotatable bonds is 7. The van der Waals surface area contributed by atoms with Gasteiger partial charge in [0.05, 0.1) is 7.11 Å². The predicted molar refractivity (Wildman–Crippen MR) is 113 cm³/mol. The summed E-state index contributed by atoms with van der Waals surface area (Å²) < 4.78 is 5.22. The normalized spacial score (nSPS) is 10.6. The molecule has 1 N–H and O–H groups in total. The van der Waals surface area contributed by atoms with Crippen LogP contribution in [0.15, 0.2) is 91.1 Å². The molecule has 4 nitrogen and oxygen atoms in total. The van der Waals surface area contributed by atoms with Gasteiger partial charge in [-0.3, -0.25) is 0 Å². The first-order valence-corrected chi connectivity index (χ1v) is 9.18. The summed E-state index contributed by atoms with van der Waals surface area (Å²) in [5, 5.41) is 2.87. The van der Waals surface area contributed by atoms with Crippen LogP contribution in [0.1, 0.15) is 16.7 Å². The van der Waals surface area contributed by atoms with Crippen LogP contribution in [0.2, 0.25) is 0 Å². The first-order valence-electron chi connectivity index (χ1n) is 9.18. The van der Waals surface area contributed by atoms with Crippen molar-refractivity contribution in [1.82, 2.24) is 10.2 Å². The van der Waals surface area contributed by atoms with E-state index in [1.165, 1.54) is 0 Å². The standard InChI is InChI=1S/C24H24N2O2/c1-28-23-14-8-13-20(17-23)15-16-25-24(27)26(18-21-9-4-2-5-10-21)19-22-11-6-3-7-12-22/h2-17H,18-19H2,1H3,(H,25,27)/b16-15+. The van der Waals surface area contributed by atoms with Crippen LogP contribution in [-0.2, 0) is 13.1 Å². The molecule has 0 saturated heterocycles. The molecule has 142 valence electrons. The largest absolute Gasteiger partial charge is 0.497 e. The van der Waals surface area contributed by atoms with Gasteiger partial charge in [0.2, 0.25) is 0 Å². The second-order valence-corrected chi connectivity index (χ2v) is 6.39. The van der Waals surface area contributed by atoms with Crippen molar-refractivity contribution in [2.24, 2.45) is 0 Å². The van der Waals surface area contributed by atoms with E-state index in [0.29, 0.717) is 13.1 Å². The fraction of sp³-hybridized carbons (Fsp3) is 0.125. The van der Waals surface area contributed by atoms with Gasteiger partial charge in [0.15, 0.2) is 0 Å². The van der Waals surface area contributed by atoms with Crippen molar-refractivity contribution >= 4 is 12.1 Å². The van der Waals surface area contributed by atoms with E-state index in [-0.39, 0.29) is 6.03 Å². The highest BCUT2D eigenvalue weighted by Crippen LogP contribution is 2.14. The van der Waals surface area contributed by atoms with Crippen LogP contribution in [0.4, 0.5) is 4.79 Å². The molecule has 0 heterocycles. The van der Waals surface area contributed by atoms with Gasteiger partial charge >= 0.3 is 6.03 Å². The minimum Gasteiger partial charge on any atom is -0.497 e. The number of methoxy groups -OCH3 is 1. The van der Waals surface area contributed by atoms with Gasteiger partial charge in [-0.2, -0.15) is 0 Å². The molecule has 3 aromatic rings. The lowest BCUT2D eigenvalue weighted by Crippen LogP contribution is -2.36. The smallest absolute Gasteiger partial charge is 0.321 e. The van der Waals surface area contributed by atoms with Crippen LogP contribution < -0.4 is 10.1 Å². The molecule has 0 fully saturated rings. The maximum atomic E-state index is 12.8. The minimum atomic E-state index is -0.146. The maximum Gasteiger partial charge on any atom is 0.321 e. The summed E-state index contributed by atoms with van der Waals surface area (Å²) in [5.41, 5.74) is 3.13. The summed E-state index contributed by atoms with van der Waals surface area (Å²) in [6.45, 7) is 1.07. The highest BCUT2D eigenvalue weighted by Gasteiger charge is 2.13. The third kappa shape index (κ3) is 5.74. The molecule has 28 heavy (non-hydrogen) atoms. The molecule has 0 bridgehead atoms. The molecule has 0 spiro atoms. The Morgan fingerprint density at radius 3 is 2.07 bits per heavy atom. The molecule has 0 aliphatic carbocycles. The average molecular weight is 372 g/mol. The zero-order chi connectivity index (χ0) is 19.6. The van der Waals surface area contributed by atoms with E-state index in [4.69, 9.17) is 4.74 Å². The summed E-state index contributed by atoms with van der Waals surface area (Å²) in [5.74, 6) is 0.781. The summed E-state index contributed by atoms with van der Waals surface area (Å²) in [4.78, 5) is 14.6. The number of ether oxygens (including phenoxy) is 1. The first-order chi connectivity index (χ1) is 13.7. The molecule has 3 aromatic carbocycles. The molecular formula is C24H24N2O2. The van der Waals surface area contributed by atoms with E-state index < -0.39 is 0 Å². The predicted octanol–water partition coefficient (Wildman–Crippen LogP) is 5.08. The third-order valence-electron chi connectivity index (χ3n) is 4.30. The van der Waals surface area contributed by atoms with Crippen LogP contribution >= 0.6 is 0 Å². The molecule has 0 unspecified atom stereocenters. The van der Waals surface area contributed by atoms with Crippen LogP contribution in [0.3, 0.4) is 0 Å². The number of amides is 2. The van der Waals surface area contributed by atoms with Crippen molar-refractivity contribution < 1.29 is 9.53 Å². The first kappa shape index (κ1) is 19.2. The van der Waals surface area contributed by atoms with E-state index in [1.54, 1.807) is 18.2 Å². The maximum absolute atomic E-state index is 12.8. The molecule has 0 aliphatic heterocycles. The number of benzene rings is 3. The Balaban J connectivity index is 1.69. The van der Waals surface area contributed by atoms with Crippen LogP contribution in [-0.4, -0.2) is 18.0 Å². The molecule has 0 radical (unpaired) electrons. The lowest BCUT2D eigenvalue weighted by atomic mass is 10.2. The SMILES string of the molecule is COc1cccc(/C=C/NC(=O)N(Cc2ccccc2)Cc2ccccc2)c1. The number of carbonyl (C=O) groups is 1. The molecule has 0 aromatic heterocycles. The highest BCUT2D eigenvalue weighted by molar-refractivity contribution is 5.76. The Kier molecular flexibility index (Phi) is 6.85. The number of urea groups is 1. The van der Waals surface area contributed by atoms with E-state index >= 15 is 0 Å². The summed E-state index contributed by atoms with van der Waals surface area (Å²) in [7, 11) is 1.63. The second kappa shape index (κ2) is 9.97. The highest BCUT2D eigenvalue weighted by atomic mass is 16.5. The number of nitrogens with zero attached hydrogens (tertiary/aromatic N) is 1. The Morgan fingerprint density at radius 1 is 0.893 bits per heavy atom. The van der Waals surface area contributed by atoms with E-state index in [0.717, 1.165) is 22.4 Å². The van der Waals surface area contributed by atoms with Crippen molar-refractivity contribution in [3.63, 3.8) is 0 Å². The van der Waals surface area contributed by atoms with Gasteiger partial charge in [-0.25, -0.2) is 4.79 Å². The zero-order valence-corrected chi connectivity index (χ0v) is 15.9. The van der Waals surface area contributed by atoms with Gasteiger partial charge in [-0.15, -0.1) is 0 Å². The van der Waals surface area contributed by atoms with Crippen molar-refractivity contribution in [2.45, 2.75) is 13.1 Å². The lowest BCUT2D eigenvalue weighted by Gasteiger charge is -2.22. The van der Waals surface area contributed by atoms with Gasteiger partial charge in [0.25, 0.3) is 0 Å². The van der Waals surface area contributed by atoms with Gasteiger partial charge in [0.1, 0.15) is 5.75 Å². The van der Waals surface area contributed by atoms with Crippen LogP contribution in [0, 0.1) is 0 Å². The Hall–Kier alpha value is -3.53. The summed E-state index contributed by atoms with van der Waals surface area (Å²) >= 11 is 0. The number of carbonyl (C=O) groups excluding carboxylic acids is 1. The molecule has 0 saturated carbocycles. The summed E-state index contributed by atoms with van der Waals surface area (Å²) in [6, 6.07) is 27.5. The van der Waals surface area contributed by atoms with Crippen molar-refractivity contribution in [2.75, 3.05) is 7.11 Å². The van der Waals surface area contributed by atoms with E-state index in [1.807, 2.05) is 91.0 Å². The topological polar surface area (TPSA) is 41.6 Å². The van der Waals surface area contributed by atoms with Crippen LogP contribution in [0.5, 0.6) is 5.75 Å². The van der Waals surface area contributed by atoms with Gasteiger partial charge < -0.3 is 15.0 Å². The molecule has 4 heteroatoms. The van der Waals surface area contributed by atoms with E-state index in [9.17, 15) is 4.79 Å². The number of hydrogen-bond acceptors (Lipinski definition) is 2. The van der Waals surface area contributed by atoms with Gasteiger partial charge in [-0.05, 0) is 34.9 Å². The minimum absolute atomic E-state index is 0.146. The lowest BCUT2D eigenvalue weighted by molar-refractivity contribution is 0.196. The zero-order valence-electron chi connectivity index (χ0n) is 15.9. The van der Waals surface area contributed by atoms with Crippen molar-refractivity contribution in [3.8, 4) is 5.75 Å². The van der Waals surface area contributed by atoms with Gasteiger partial charge in [-0.1, -0.05) is 72.8 Å². The molecule has 3 rings (SSSR count). The number of hydrogen-bond donors (Lipinski definition) is 1. The summed E-state index contributed by atoms with van der Waals surface area (Å²) in [6.07, 6.45) is 3.52. The Morgan fingerprint density at radius 2 is 1.50 bits per heavy atom. The molecular weight excluding hydrogens is 348 g/mol. The van der Waals surface area contributed by atoms with Crippen molar-refractivity contribution in [3.05, 3.63) is 108 Å². The quantitative estimate of drug-likeness (QED) is 0.628. The second-order valence-electron chi connectivity index (χ2n) is 6.39. The third-order valence-corrected chi connectivity index (χ3v) is 4.30. The fourth-order valence-corrected chi connectivity index (χ4v) is 2.85. The van der Waals surface area contributed by atoms with E-state index in [2.05, 4.69) is 5.32 Å². The Labute approximate surface area is 166 Å². The molecule has 2 amide bonds. The van der Waals surface area contributed by atoms with Crippen LogP contribution in [0.25, 0.3) is 6.08 Å². The van der Waals surface area contributed by atoms with Gasteiger partial charge in [0, 0.05) is 19.3 Å². The monoisotopic (exact) mass is 372 g/mol. The fourth-order valence-electron chi connectivity index (χ4n) is 2.85.